The fraction of sp³-hybridized carbons (Fsp3) is 0.625. The van der Waals surface area contributed by atoms with E-state index in [0.717, 1.165) is 22.3 Å². The quantitative estimate of drug-likeness (QED) is 0.895. The summed E-state index contributed by atoms with van der Waals surface area (Å²) in [4.78, 5) is 0.476. The Bertz CT molecular complexity index is 647. The van der Waals surface area contributed by atoms with Crippen LogP contribution in [-0.4, -0.2) is 31.9 Å². The molecule has 6 heteroatoms. The fourth-order valence-electron chi connectivity index (χ4n) is 3.12. The molecular weight excluding hydrogens is 320 g/mol. The van der Waals surface area contributed by atoms with Gasteiger partial charge in [-0.2, -0.15) is 4.31 Å². The number of hydrogen-bond acceptors (Lipinski definition) is 3. The molecule has 2 unspecified atom stereocenters. The molecule has 126 valence electrons. The van der Waals surface area contributed by atoms with Gasteiger partial charge in [0.25, 0.3) is 0 Å². The third kappa shape index (κ3) is 2.92. The van der Waals surface area contributed by atoms with E-state index in [1.165, 1.54) is 5.56 Å². The van der Waals surface area contributed by atoms with Gasteiger partial charge in [-0.1, -0.05) is 6.92 Å². The minimum Gasteiger partial charge on any atom is -0.326 e. The maximum Gasteiger partial charge on any atom is 0.243 e. The summed E-state index contributed by atoms with van der Waals surface area (Å²) in [7, 11) is -3.47. The van der Waals surface area contributed by atoms with Crippen LogP contribution in [0.5, 0.6) is 0 Å². The smallest absolute Gasteiger partial charge is 0.243 e. The zero-order valence-corrected chi connectivity index (χ0v) is 15.9. The predicted octanol–water partition coefficient (Wildman–Crippen LogP) is 2.62. The summed E-state index contributed by atoms with van der Waals surface area (Å²) in [6.07, 6.45) is 0. The fourth-order valence-corrected chi connectivity index (χ4v) is 5.26. The van der Waals surface area contributed by atoms with Crippen molar-refractivity contribution in [1.82, 2.24) is 4.31 Å². The van der Waals surface area contributed by atoms with Gasteiger partial charge < -0.3 is 5.73 Å². The highest BCUT2D eigenvalue weighted by Crippen LogP contribution is 2.33. The van der Waals surface area contributed by atoms with Crippen LogP contribution in [0.25, 0.3) is 0 Å². The van der Waals surface area contributed by atoms with Crippen molar-refractivity contribution in [3.8, 4) is 0 Å². The Morgan fingerprint density at radius 3 is 1.68 bits per heavy atom. The molecule has 1 fully saturated rings. The van der Waals surface area contributed by atoms with E-state index < -0.39 is 10.0 Å². The minimum absolute atomic E-state index is 0. The Hall–Kier alpha value is -0.620. The molecule has 4 nitrogen and oxygen atoms in total. The number of nitrogens with two attached hydrogens (primary N) is 1. The summed E-state index contributed by atoms with van der Waals surface area (Å²) in [5, 5.41) is 0. The first-order valence-electron chi connectivity index (χ1n) is 7.41. The standard InChI is InChI=1S/C16H26N2O2S.ClH/c1-9-7-18(8-15(9)17)21(19,20)16-13(5)11(3)10(2)12(4)14(16)6;/h9,15H,7-8,17H2,1-6H3;1H. The molecule has 0 spiro atoms. The van der Waals surface area contributed by atoms with E-state index in [-0.39, 0.29) is 24.4 Å². The molecule has 0 radical (unpaired) electrons. The summed E-state index contributed by atoms with van der Waals surface area (Å²) < 4.78 is 27.7. The monoisotopic (exact) mass is 346 g/mol. The van der Waals surface area contributed by atoms with Crippen LogP contribution in [0, 0.1) is 40.5 Å². The zero-order chi connectivity index (χ0) is 16.1. The van der Waals surface area contributed by atoms with Crippen molar-refractivity contribution < 1.29 is 8.42 Å². The molecule has 2 rings (SSSR count). The highest BCUT2D eigenvalue weighted by atomic mass is 35.5. The van der Waals surface area contributed by atoms with Crippen LogP contribution in [0.4, 0.5) is 0 Å². The van der Waals surface area contributed by atoms with Gasteiger partial charge in [-0.05, 0) is 68.4 Å². The molecule has 1 aromatic rings. The number of rotatable bonds is 2. The first kappa shape index (κ1) is 19.4. The molecule has 1 aliphatic heterocycles. The third-order valence-electron chi connectivity index (χ3n) is 5.17. The molecule has 2 N–H and O–H groups in total. The van der Waals surface area contributed by atoms with Crippen LogP contribution in [0.3, 0.4) is 0 Å². The average molecular weight is 347 g/mol. The molecule has 1 heterocycles. The Kier molecular flexibility index (Phi) is 5.72. The highest BCUT2D eigenvalue weighted by molar-refractivity contribution is 7.89. The Balaban J connectivity index is 0.00000242. The first-order chi connectivity index (χ1) is 9.59. The van der Waals surface area contributed by atoms with Crippen molar-refractivity contribution in [2.24, 2.45) is 11.7 Å². The molecule has 2 atom stereocenters. The molecule has 1 aliphatic rings. The molecule has 1 aromatic carbocycles. The predicted molar refractivity (Wildman–Crippen MR) is 93.3 cm³/mol. The topological polar surface area (TPSA) is 63.4 Å². The number of sulfonamides is 1. The van der Waals surface area contributed by atoms with Crippen molar-refractivity contribution in [1.29, 1.82) is 0 Å². The molecule has 0 amide bonds. The second kappa shape index (κ2) is 6.48. The molecule has 0 bridgehead atoms. The Labute approximate surface area is 140 Å². The van der Waals surface area contributed by atoms with Crippen LogP contribution in [-0.2, 0) is 10.0 Å². The van der Waals surface area contributed by atoms with Crippen LogP contribution >= 0.6 is 12.4 Å². The third-order valence-corrected chi connectivity index (χ3v) is 7.27. The van der Waals surface area contributed by atoms with E-state index in [9.17, 15) is 8.42 Å². The van der Waals surface area contributed by atoms with Gasteiger partial charge >= 0.3 is 0 Å². The number of hydrogen-bond donors (Lipinski definition) is 1. The van der Waals surface area contributed by atoms with Crippen LogP contribution in [0.1, 0.15) is 34.7 Å². The molecule has 22 heavy (non-hydrogen) atoms. The largest absolute Gasteiger partial charge is 0.326 e. The van der Waals surface area contributed by atoms with Crippen LogP contribution < -0.4 is 5.73 Å². The normalized spacial score (nSPS) is 22.7. The van der Waals surface area contributed by atoms with E-state index in [2.05, 4.69) is 6.92 Å². The van der Waals surface area contributed by atoms with E-state index in [1.807, 2.05) is 34.6 Å². The second-order valence-electron chi connectivity index (χ2n) is 6.42. The molecule has 0 saturated carbocycles. The molecular formula is C16H27ClN2O2S. The van der Waals surface area contributed by atoms with Gasteiger partial charge in [0.05, 0.1) is 4.90 Å². The molecule has 0 aliphatic carbocycles. The molecule has 1 saturated heterocycles. The van der Waals surface area contributed by atoms with Gasteiger partial charge in [0, 0.05) is 19.1 Å². The van der Waals surface area contributed by atoms with E-state index in [4.69, 9.17) is 5.73 Å². The summed E-state index contributed by atoms with van der Waals surface area (Å²) in [6, 6.07) is -0.0759. The maximum absolute atomic E-state index is 13.1. The van der Waals surface area contributed by atoms with E-state index in [1.54, 1.807) is 4.31 Å². The van der Waals surface area contributed by atoms with Gasteiger partial charge in [0.2, 0.25) is 10.0 Å². The average Bonchev–Trinajstić information content (AvgIpc) is 2.75. The Morgan fingerprint density at radius 2 is 1.32 bits per heavy atom. The summed E-state index contributed by atoms with van der Waals surface area (Å²) >= 11 is 0. The lowest BCUT2D eigenvalue weighted by Crippen LogP contribution is -2.33. The zero-order valence-electron chi connectivity index (χ0n) is 14.2. The van der Waals surface area contributed by atoms with Crippen molar-refractivity contribution in [2.45, 2.75) is 52.5 Å². The van der Waals surface area contributed by atoms with Crippen molar-refractivity contribution in [2.75, 3.05) is 13.1 Å². The SMILES string of the molecule is Cc1c(C)c(C)c(S(=O)(=O)N2CC(C)C(N)C2)c(C)c1C.Cl. The van der Waals surface area contributed by atoms with Gasteiger partial charge in [-0.3, -0.25) is 0 Å². The van der Waals surface area contributed by atoms with E-state index >= 15 is 0 Å². The van der Waals surface area contributed by atoms with Crippen molar-refractivity contribution >= 4 is 22.4 Å². The van der Waals surface area contributed by atoms with Crippen LogP contribution in [0.2, 0.25) is 0 Å². The summed E-state index contributed by atoms with van der Waals surface area (Å²) in [5.74, 6) is 0.202. The Morgan fingerprint density at radius 1 is 0.909 bits per heavy atom. The lowest BCUT2D eigenvalue weighted by molar-refractivity contribution is 0.463. The van der Waals surface area contributed by atoms with Gasteiger partial charge in [0.1, 0.15) is 0 Å². The lowest BCUT2D eigenvalue weighted by Gasteiger charge is -2.23. The van der Waals surface area contributed by atoms with E-state index in [0.29, 0.717) is 18.0 Å². The van der Waals surface area contributed by atoms with Gasteiger partial charge in [0.15, 0.2) is 0 Å². The number of benzene rings is 1. The summed E-state index contributed by atoms with van der Waals surface area (Å²) in [5.41, 5.74) is 11.0. The maximum atomic E-state index is 13.1. The van der Waals surface area contributed by atoms with Gasteiger partial charge in [-0.15, -0.1) is 12.4 Å². The number of halogens is 1. The minimum atomic E-state index is -3.47. The highest BCUT2D eigenvalue weighted by Gasteiger charge is 2.37. The first-order valence-corrected chi connectivity index (χ1v) is 8.85. The second-order valence-corrected chi connectivity index (χ2v) is 8.29. The van der Waals surface area contributed by atoms with Gasteiger partial charge in [-0.25, -0.2) is 8.42 Å². The van der Waals surface area contributed by atoms with Crippen molar-refractivity contribution in [3.63, 3.8) is 0 Å². The molecule has 0 aromatic heterocycles. The number of nitrogens with zero attached hydrogens (tertiary/aromatic N) is 1. The summed E-state index contributed by atoms with van der Waals surface area (Å²) in [6.45, 7) is 12.8. The van der Waals surface area contributed by atoms with Crippen LogP contribution in [0.15, 0.2) is 4.90 Å². The van der Waals surface area contributed by atoms with Crippen molar-refractivity contribution in [3.05, 3.63) is 27.8 Å². The lowest BCUT2D eigenvalue weighted by atomic mass is 9.95.